The number of esters is 3. The second kappa shape index (κ2) is 56.4. The molecular weight excluding hydrogens is 853 g/mol. The molecule has 0 aliphatic heterocycles. The molecule has 0 spiro atoms. The van der Waals surface area contributed by atoms with Crippen LogP contribution in [0.3, 0.4) is 0 Å². The number of carbonyl (C=O) groups excluding carboxylic acids is 3. The number of carbonyl (C=O) groups is 3. The van der Waals surface area contributed by atoms with Gasteiger partial charge in [0.1, 0.15) is 13.2 Å². The Balaban J connectivity index is 4.36. The first-order chi connectivity index (χ1) is 34.0. The van der Waals surface area contributed by atoms with Crippen LogP contribution in [-0.4, -0.2) is 37.2 Å². The van der Waals surface area contributed by atoms with Crippen LogP contribution in [0.5, 0.6) is 0 Å². The van der Waals surface area contributed by atoms with E-state index in [1.807, 2.05) is 0 Å². The third kappa shape index (κ3) is 54.6. The summed E-state index contributed by atoms with van der Waals surface area (Å²) in [6.45, 7) is 6.41. The first-order valence-electron chi connectivity index (χ1n) is 28.0. The first kappa shape index (κ1) is 64.8. The van der Waals surface area contributed by atoms with E-state index in [0.29, 0.717) is 19.3 Å². The Morgan fingerprint density at radius 1 is 0.304 bits per heavy atom. The Hall–Kier alpha value is -4.19. The minimum absolute atomic E-state index is 0.100. The predicted molar refractivity (Wildman–Crippen MR) is 297 cm³/mol. The predicted octanol–water partition coefficient (Wildman–Crippen LogP) is 18.9. The molecule has 0 aromatic rings. The van der Waals surface area contributed by atoms with Crippen LogP contribution >= 0.6 is 0 Å². The Morgan fingerprint density at radius 2 is 0.594 bits per heavy atom. The Labute approximate surface area is 424 Å². The molecule has 0 fully saturated rings. The van der Waals surface area contributed by atoms with Crippen LogP contribution in [0.2, 0.25) is 0 Å². The zero-order valence-electron chi connectivity index (χ0n) is 44.5. The summed E-state index contributed by atoms with van der Waals surface area (Å²) in [5, 5.41) is 0. The Bertz CT molecular complexity index is 1470. The zero-order chi connectivity index (χ0) is 50.0. The highest BCUT2D eigenvalue weighted by atomic mass is 16.6. The van der Waals surface area contributed by atoms with E-state index in [2.05, 4.69) is 142 Å². The lowest BCUT2D eigenvalue weighted by atomic mass is 10.1. The van der Waals surface area contributed by atoms with Gasteiger partial charge in [0.2, 0.25) is 0 Å². The summed E-state index contributed by atoms with van der Waals surface area (Å²) < 4.78 is 16.7. The fourth-order valence-corrected chi connectivity index (χ4v) is 7.25. The molecule has 0 N–H and O–H groups in total. The zero-order valence-corrected chi connectivity index (χ0v) is 44.5. The van der Waals surface area contributed by atoms with Gasteiger partial charge in [0, 0.05) is 19.3 Å². The fourth-order valence-electron chi connectivity index (χ4n) is 7.25. The second-order valence-electron chi connectivity index (χ2n) is 18.1. The number of hydrogen-bond donors (Lipinski definition) is 0. The van der Waals surface area contributed by atoms with Crippen LogP contribution in [-0.2, 0) is 28.6 Å². The number of hydrogen-bond acceptors (Lipinski definition) is 6. The normalized spacial score (nSPS) is 13.0. The summed E-state index contributed by atoms with van der Waals surface area (Å²) in [6.07, 6.45) is 77.7. The molecule has 0 heterocycles. The maximum atomic E-state index is 12.8. The van der Waals surface area contributed by atoms with Gasteiger partial charge < -0.3 is 14.2 Å². The average Bonchev–Trinajstić information content (AvgIpc) is 3.35. The Morgan fingerprint density at radius 3 is 1.00 bits per heavy atom. The molecule has 6 heteroatoms. The molecule has 0 aliphatic rings. The Kier molecular flexibility index (Phi) is 53.0. The smallest absolute Gasteiger partial charge is 0.306 e. The molecule has 0 bridgehead atoms. The standard InChI is InChI=1S/C63H102O6/c1-4-7-10-13-16-19-22-23-24-25-26-27-28-29-30-31-32-33-34-35-36-37-38-39-42-44-47-50-53-56-62(65)68-59-60(69-63(66)57-54-51-48-45-41-21-18-15-12-9-6-3)58-67-61(64)55-52-49-46-43-40-20-17-14-11-8-5-2/h7,10,15-16,18-19,23-24,26-27,29-30,32-33,35-36,38-39,44,47,60H,4-6,8-9,11-14,17,20-22,25,28,31,34,37,40-43,45-46,48-59H2,1-3H3/b10-7-,18-15-,19-16-,24-23-,27-26-,30-29-,33-32-,36-35-,39-38-,47-44-. The number of rotatable bonds is 49. The maximum Gasteiger partial charge on any atom is 0.306 e. The van der Waals surface area contributed by atoms with Gasteiger partial charge in [-0.3, -0.25) is 14.4 Å². The summed E-state index contributed by atoms with van der Waals surface area (Å²) >= 11 is 0. The van der Waals surface area contributed by atoms with E-state index in [1.165, 1.54) is 77.0 Å². The fraction of sp³-hybridized carbons (Fsp3) is 0.635. The lowest BCUT2D eigenvalue weighted by Gasteiger charge is -2.18. The van der Waals surface area contributed by atoms with Crippen LogP contribution < -0.4 is 0 Å². The van der Waals surface area contributed by atoms with Crippen molar-refractivity contribution in [3.8, 4) is 0 Å². The van der Waals surface area contributed by atoms with Crippen molar-refractivity contribution in [2.24, 2.45) is 0 Å². The lowest BCUT2D eigenvalue weighted by Crippen LogP contribution is -2.30. The molecule has 1 unspecified atom stereocenters. The van der Waals surface area contributed by atoms with Crippen molar-refractivity contribution in [2.75, 3.05) is 13.2 Å². The molecular formula is C63H102O6. The summed E-state index contributed by atoms with van der Waals surface area (Å²) in [6, 6.07) is 0. The van der Waals surface area contributed by atoms with Gasteiger partial charge >= 0.3 is 17.9 Å². The third-order valence-corrected chi connectivity index (χ3v) is 11.5. The molecule has 390 valence electrons. The van der Waals surface area contributed by atoms with Gasteiger partial charge in [-0.2, -0.15) is 0 Å². The van der Waals surface area contributed by atoms with E-state index in [1.54, 1.807) is 0 Å². The summed E-state index contributed by atoms with van der Waals surface area (Å²) in [5.41, 5.74) is 0. The monoisotopic (exact) mass is 955 g/mol. The molecule has 0 saturated carbocycles. The van der Waals surface area contributed by atoms with Crippen molar-refractivity contribution in [1.29, 1.82) is 0 Å². The molecule has 6 nitrogen and oxygen atoms in total. The lowest BCUT2D eigenvalue weighted by molar-refractivity contribution is -0.167. The van der Waals surface area contributed by atoms with Gasteiger partial charge in [0.15, 0.2) is 6.10 Å². The van der Waals surface area contributed by atoms with Crippen molar-refractivity contribution in [3.05, 3.63) is 122 Å². The minimum Gasteiger partial charge on any atom is -0.462 e. The van der Waals surface area contributed by atoms with E-state index in [0.717, 1.165) is 116 Å². The molecule has 0 radical (unpaired) electrons. The number of allylic oxidation sites excluding steroid dienone is 20. The topological polar surface area (TPSA) is 78.9 Å². The molecule has 0 aromatic carbocycles. The van der Waals surface area contributed by atoms with Gasteiger partial charge in [-0.25, -0.2) is 0 Å². The quantitative estimate of drug-likeness (QED) is 0.0262. The minimum atomic E-state index is -0.805. The average molecular weight is 956 g/mol. The molecule has 69 heavy (non-hydrogen) atoms. The van der Waals surface area contributed by atoms with Gasteiger partial charge in [-0.05, 0) is 103 Å². The van der Waals surface area contributed by atoms with Crippen molar-refractivity contribution in [2.45, 2.75) is 245 Å². The first-order valence-corrected chi connectivity index (χ1v) is 28.0. The largest absolute Gasteiger partial charge is 0.462 e. The van der Waals surface area contributed by atoms with Crippen LogP contribution in [0.4, 0.5) is 0 Å². The molecule has 1 atom stereocenters. The summed E-state index contributed by atoms with van der Waals surface area (Å²) in [5.74, 6) is -0.978. The van der Waals surface area contributed by atoms with E-state index < -0.39 is 6.10 Å². The summed E-state index contributed by atoms with van der Waals surface area (Å²) in [4.78, 5) is 37.9. The van der Waals surface area contributed by atoms with Gasteiger partial charge in [0.05, 0.1) is 0 Å². The second-order valence-corrected chi connectivity index (χ2v) is 18.1. The van der Waals surface area contributed by atoms with Crippen molar-refractivity contribution in [3.63, 3.8) is 0 Å². The third-order valence-electron chi connectivity index (χ3n) is 11.5. The number of ether oxygens (including phenoxy) is 3. The molecule has 0 saturated heterocycles. The van der Waals surface area contributed by atoms with E-state index in [4.69, 9.17) is 14.2 Å². The van der Waals surface area contributed by atoms with Crippen molar-refractivity contribution >= 4 is 17.9 Å². The van der Waals surface area contributed by atoms with Crippen molar-refractivity contribution in [1.82, 2.24) is 0 Å². The molecule has 0 aliphatic carbocycles. The molecule has 0 rings (SSSR count). The SMILES string of the molecule is CC/C=C\C/C=C\C/C=C\C/C=C\C/C=C\C/C=C\C/C=C\C/C=C\C/C=C\CCCC(=O)OCC(COC(=O)CCCCCCCCCCCCC)OC(=O)CCCCCCC/C=C\CCCC. The van der Waals surface area contributed by atoms with Crippen LogP contribution in [0.25, 0.3) is 0 Å². The van der Waals surface area contributed by atoms with E-state index >= 15 is 0 Å². The highest BCUT2D eigenvalue weighted by Crippen LogP contribution is 2.14. The van der Waals surface area contributed by atoms with Gasteiger partial charge in [0.25, 0.3) is 0 Å². The van der Waals surface area contributed by atoms with Crippen LogP contribution in [0, 0.1) is 0 Å². The highest BCUT2D eigenvalue weighted by Gasteiger charge is 2.19. The number of unbranched alkanes of at least 4 members (excludes halogenated alkanes) is 18. The van der Waals surface area contributed by atoms with Crippen molar-refractivity contribution < 1.29 is 28.6 Å². The van der Waals surface area contributed by atoms with Gasteiger partial charge in [-0.15, -0.1) is 0 Å². The molecule has 0 aromatic heterocycles. The maximum absolute atomic E-state index is 12.8. The van der Waals surface area contributed by atoms with Crippen LogP contribution in [0.1, 0.15) is 239 Å². The molecule has 0 amide bonds. The van der Waals surface area contributed by atoms with Crippen LogP contribution in [0.15, 0.2) is 122 Å². The van der Waals surface area contributed by atoms with E-state index in [9.17, 15) is 14.4 Å². The summed E-state index contributed by atoms with van der Waals surface area (Å²) in [7, 11) is 0. The highest BCUT2D eigenvalue weighted by molar-refractivity contribution is 5.71. The van der Waals surface area contributed by atoms with Gasteiger partial charge in [-0.1, -0.05) is 239 Å². The van der Waals surface area contributed by atoms with E-state index in [-0.39, 0.29) is 37.5 Å².